The second-order valence-electron chi connectivity index (χ2n) is 8.99. The lowest BCUT2D eigenvalue weighted by atomic mass is 10.0. The number of nitrogens with one attached hydrogen (secondary N) is 2. The number of methoxy groups -OCH3 is 1. The van der Waals surface area contributed by atoms with Gasteiger partial charge in [-0.2, -0.15) is 0 Å². The molecule has 2 N–H and O–H groups in total. The Kier molecular flexibility index (Phi) is 10.7. The van der Waals surface area contributed by atoms with Gasteiger partial charge in [0.25, 0.3) is 0 Å². The summed E-state index contributed by atoms with van der Waals surface area (Å²) < 4.78 is 10.7. The third kappa shape index (κ3) is 9.36. The molecular formula is C26H36N4O5. The highest BCUT2D eigenvalue weighted by atomic mass is 16.5. The fraction of sp³-hybridized carbons (Fsp3) is 0.462. The molecular weight excluding hydrogens is 448 g/mol. The Hall–Kier alpha value is -3.46. The molecule has 9 heteroatoms. The van der Waals surface area contributed by atoms with Gasteiger partial charge in [-0.25, -0.2) is 4.98 Å². The van der Waals surface area contributed by atoms with Gasteiger partial charge in [0.15, 0.2) is 0 Å². The van der Waals surface area contributed by atoms with Crippen molar-refractivity contribution in [2.75, 3.05) is 32.2 Å². The predicted molar refractivity (Wildman–Crippen MR) is 134 cm³/mol. The van der Waals surface area contributed by atoms with Gasteiger partial charge < -0.3 is 25.0 Å². The summed E-state index contributed by atoms with van der Waals surface area (Å²) in [6.07, 6.45) is 1.46. The van der Waals surface area contributed by atoms with Gasteiger partial charge in [0.05, 0.1) is 13.2 Å². The summed E-state index contributed by atoms with van der Waals surface area (Å²) in [5.41, 5.74) is 0.136. The number of benzene rings is 1. The molecule has 3 amide bonds. The largest absolute Gasteiger partial charge is 0.494 e. The van der Waals surface area contributed by atoms with Crippen molar-refractivity contribution in [3.05, 3.63) is 54.2 Å². The molecule has 0 saturated heterocycles. The van der Waals surface area contributed by atoms with Gasteiger partial charge in [-0.05, 0) is 57.5 Å². The van der Waals surface area contributed by atoms with Gasteiger partial charge in [0, 0.05) is 38.2 Å². The highest BCUT2D eigenvalue weighted by Crippen LogP contribution is 2.26. The van der Waals surface area contributed by atoms with Crippen LogP contribution in [0.1, 0.15) is 52.1 Å². The molecule has 1 aromatic heterocycles. The van der Waals surface area contributed by atoms with Gasteiger partial charge in [-0.1, -0.05) is 18.2 Å². The molecule has 0 bridgehead atoms. The molecule has 0 fully saturated rings. The van der Waals surface area contributed by atoms with Crippen LogP contribution in [0.2, 0.25) is 0 Å². The van der Waals surface area contributed by atoms with Crippen LogP contribution in [0.25, 0.3) is 0 Å². The van der Waals surface area contributed by atoms with Crippen molar-refractivity contribution in [2.45, 2.75) is 52.1 Å². The third-order valence-electron chi connectivity index (χ3n) is 4.92. The van der Waals surface area contributed by atoms with Crippen LogP contribution in [0.4, 0.5) is 5.82 Å². The molecule has 0 unspecified atom stereocenters. The predicted octanol–water partition coefficient (Wildman–Crippen LogP) is 3.33. The van der Waals surface area contributed by atoms with Crippen LogP contribution in [-0.4, -0.2) is 60.0 Å². The summed E-state index contributed by atoms with van der Waals surface area (Å²) >= 11 is 0. The molecule has 0 saturated carbocycles. The van der Waals surface area contributed by atoms with Crippen LogP contribution >= 0.6 is 0 Å². The van der Waals surface area contributed by atoms with E-state index in [2.05, 4.69) is 15.6 Å². The molecule has 0 radical (unpaired) electrons. The highest BCUT2D eigenvalue weighted by molar-refractivity contribution is 5.94. The number of rotatable bonds is 12. The first-order valence-corrected chi connectivity index (χ1v) is 11.7. The summed E-state index contributed by atoms with van der Waals surface area (Å²) in [5, 5.41) is 5.65. The topological polar surface area (TPSA) is 110 Å². The van der Waals surface area contributed by atoms with E-state index in [1.54, 1.807) is 48.7 Å². The van der Waals surface area contributed by atoms with Gasteiger partial charge in [-0.15, -0.1) is 0 Å². The first-order valence-electron chi connectivity index (χ1n) is 11.7. The zero-order chi connectivity index (χ0) is 25.8. The molecule has 0 aliphatic rings. The number of carbonyl (C=O) groups excluding carboxylic acids is 3. The SMILES string of the molecule is CCOc1ccc([C@H](C(=O)NC(C)(C)C)N(CCOC)C(=O)CCC(=O)Nc2ccccn2)cc1. The van der Waals surface area contributed by atoms with Crippen molar-refractivity contribution in [1.82, 2.24) is 15.2 Å². The lowest BCUT2D eigenvalue weighted by Crippen LogP contribution is -2.50. The van der Waals surface area contributed by atoms with Crippen LogP contribution < -0.4 is 15.4 Å². The molecule has 35 heavy (non-hydrogen) atoms. The second-order valence-corrected chi connectivity index (χ2v) is 8.99. The number of ether oxygens (including phenoxy) is 2. The van der Waals surface area contributed by atoms with E-state index in [1.807, 2.05) is 27.7 Å². The zero-order valence-electron chi connectivity index (χ0n) is 21.2. The van der Waals surface area contributed by atoms with E-state index in [0.29, 0.717) is 23.7 Å². The minimum Gasteiger partial charge on any atom is -0.494 e. The fourth-order valence-electron chi connectivity index (χ4n) is 3.42. The molecule has 1 heterocycles. The maximum atomic E-state index is 13.4. The monoisotopic (exact) mass is 484 g/mol. The van der Waals surface area contributed by atoms with Crippen LogP contribution in [0.5, 0.6) is 5.75 Å². The number of amides is 3. The van der Waals surface area contributed by atoms with Gasteiger partial charge in [0.1, 0.15) is 17.6 Å². The van der Waals surface area contributed by atoms with Crippen molar-refractivity contribution in [2.24, 2.45) is 0 Å². The summed E-state index contributed by atoms with van der Waals surface area (Å²) in [5.74, 6) is 0.107. The molecule has 1 aromatic carbocycles. The summed E-state index contributed by atoms with van der Waals surface area (Å²) in [7, 11) is 1.53. The summed E-state index contributed by atoms with van der Waals surface area (Å²) in [4.78, 5) is 44.6. The van der Waals surface area contributed by atoms with Crippen molar-refractivity contribution >= 4 is 23.5 Å². The van der Waals surface area contributed by atoms with E-state index < -0.39 is 11.6 Å². The van der Waals surface area contributed by atoms with Crippen molar-refractivity contribution in [3.63, 3.8) is 0 Å². The van der Waals surface area contributed by atoms with Gasteiger partial charge in [-0.3, -0.25) is 14.4 Å². The number of hydrogen-bond acceptors (Lipinski definition) is 6. The number of pyridine rings is 1. The number of hydrogen-bond donors (Lipinski definition) is 2. The average Bonchev–Trinajstić information content (AvgIpc) is 2.80. The summed E-state index contributed by atoms with van der Waals surface area (Å²) in [6, 6.07) is 11.4. The molecule has 2 aromatic rings. The van der Waals surface area contributed by atoms with Gasteiger partial charge >= 0.3 is 0 Å². The molecule has 9 nitrogen and oxygen atoms in total. The van der Waals surface area contributed by atoms with Crippen molar-refractivity contribution in [1.29, 1.82) is 0 Å². The minimum absolute atomic E-state index is 0.0459. The Morgan fingerprint density at radius 1 is 1.06 bits per heavy atom. The Labute approximate surface area is 207 Å². The van der Waals surface area contributed by atoms with Gasteiger partial charge in [0.2, 0.25) is 17.7 Å². The van der Waals surface area contributed by atoms with E-state index in [9.17, 15) is 14.4 Å². The summed E-state index contributed by atoms with van der Waals surface area (Å²) in [6.45, 7) is 8.47. The van der Waals surface area contributed by atoms with Crippen LogP contribution in [0.15, 0.2) is 48.7 Å². The molecule has 0 spiro atoms. The normalized spacial score (nSPS) is 11.9. The lowest BCUT2D eigenvalue weighted by Gasteiger charge is -2.33. The van der Waals surface area contributed by atoms with Crippen molar-refractivity contribution < 1.29 is 23.9 Å². The fourth-order valence-corrected chi connectivity index (χ4v) is 3.42. The first kappa shape index (κ1) is 27.8. The Bertz CT molecular complexity index is 958. The highest BCUT2D eigenvalue weighted by Gasteiger charge is 2.33. The lowest BCUT2D eigenvalue weighted by molar-refractivity contribution is -0.142. The Balaban J connectivity index is 2.26. The van der Waals surface area contributed by atoms with E-state index in [4.69, 9.17) is 9.47 Å². The minimum atomic E-state index is -0.897. The maximum absolute atomic E-state index is 13.4. The van der Waals surface area contributed by atoms with E-state index in [1.165, 1.54) is 12.0 Å². The van der Waals surface area contributed by atoms with E-state index in [-0.39, 0.29) is 43.7 Å². The molecule has 0 aliphatic heterocycles. The van der Waals surface area contributed by atoms with Crippen molar-refractivity contribution in [3.8, 4) is 5.75 Å². The molecule has 2 rings (SSSR count). The number of nitrogens with zero attached hydrogens (tertiary/aromatic N) is 2. The van der Waals surface area contributed by atoms with Crippen LogP contribution in [0.3, 0.4) is 0 Å². The Morgan fingerprint density at radius 2 is 1.77 bits per heavy atom. The maximum Gasteiger partial charge on any atom is 0.247 e. The standard InChI is InChI=1S/C26H36N4O5/c1-6-35-20-12-10-19(11-13-20)24(25(33)29-26(2,3)4)30(17-18-34-5)23(32)15-14-22(31)28-21-9-7-8-16-27-21/h7-13,16,24H,6,14-15,17-18H2,1-5H3,(H,29,33)(H,27,28,31)/t24-/m1/s1. The van der Waals surface area contributed by atoms with Crippen LogP contribution in [0, 0.1) is 0 Å². The second kappa shape index (κ2) is 13.4. The third-order valence-corrected chi connectivity index (χ3v) is 4.92. The zero-order valence-corrected chi connectivity index (χ0v) is 21.2. The first-order chi connectivity index (χ1) is 16.6. The van der Waals surface area contributed by atoms with E-state index in [0.717, 1.165) is 0 Å². The molecule has 1 atom stereocenters. The number of aromatic nitrogens is 1. The number of carbonyl (C=O) groups is 3. The average molecular weight is 485 g/mol. The molecule has 0 aliphatic carbocycles. The smallest absolute Gasteiger partial charge is 0.247 e. The van der Waals surface area contributed by atoms with E-state index >= 15 is 0 Å². The number of anilines is 1. The Morgan fingerprint density at radius 3 is 2.34 bits per heavy atom. The quantitative estimate of drug-likeness (QED) is 0.478. The molecule has 190 valence electrons. The van der Waals surface area contributed by atoms with Crippen LogP contribution in [-0.2, 0) is 19.1 Å².